The van der Waals surface area contributed by atoms with E-state index in [-0.39, 0.29) is 41.4 Å². The van der Waals surface area contributed by atoms with Crippen LogP contribution in [0.3, 0.4) is 0 Å². The van der Waals surface area contributed by atoms with Crippen molar-refractivity contribution < 1.29 is 9.59 Å². The first-order chi connectivity index (χ1) is 14.6. The summed E-state index contributed by atoms with van der Waals surface area (Å²) in [6.45, 7) is 3.93. The van der Waals surface area contributed by atoms with E-state index in [1.807, 2.05) is 15.5 Å². The number of aromatic nitrogens is 1. The van der Waals surface area contributed by atoms with Crippen LogP contribution in [0.2, 0.25) is 0 Å². The smallest absolute Gasteiger partial charge is 0.263 e. The highest BCUT2D eigenvalue weighted by molar-refractivity contribution is 5.94. The predicted octanol–water partition coefficient (Wildman–Crippen LogP) is 1.89. The topological polar surface area (TPSA) is 83.4 Å². The van der Waals surface area contributed by atoms with E-state index in [2.05, 4.69) is 10.6 Å². The average molecular weight is 449 g/mol. The Morgan fingerprint density at radius 1 is 1.03 bits per heavy atom. The highest BCUT2D eigenvalue weighted by Gasteiger charge is 2.33. The number of fused-ring (bicyclic) bond motifs is 4. The van der Waals surface area contributed by atoms with E-state index in [4.69, 9.17) is 0 Å². The molecule has 2 atom stereocenters. The van der Waals surface area contributed by atoms with Gasteiger partial charge in [0.2, 0.25) is 5.91 Å². The fourth-order valence-corrected chi connectivity index (χ4v) is 5.90. The number of nitrogens with one attached hydrogen (secondary N) is 2. The van der Waals surface area contributed by atoms with Crippen molar-refractivity contribution in [3.8, 4) is 0 Å². The van der Waals surface area contributed by atoms with Crippen LogP contribution in [-0.4, -0.2) is 53.5 Å². The fraction of sp³-hybridized carbons (Fsp3) is 0.696. The molecule has 170 valence electrons. The van der Waals surface area contributed by atoms with E-state index in [1.54, 1.807) is 6.07 Å². The van der Waals surface area contributed by atoms with Crippen molar-refractivity contribution in [3.05, 3.63) is 33.7 Å². The third kappa shape index (κ3) is 4.40. The Kier molecular flexibility index (Phi) is 6.72. The summed E-state index contributed by atoms with van der Waals surface area (Å²) in [4.78, 5) is 40.5. The number of pyridine rings is 1. The van der Waals surface area contributed by atoms with Crippen molar-refractivity contribution in [2.24, 2.45) is 11.8 Å². The van der Waals surface area contributed by atoms with Crippen LogP contribution in [-0.2, 0) is 11.3 Å². The molecular weight excluding hydrogens is 416 g/mol. The van der Waals surface area contributed by atoms with Crippen LogP contribution < -0.4 is 16.2 Å². The molecule has 0 radical (unpaired) electrons. The maximum absolute atomic E-state index is 13.0. The molecule has 0 unspecified atom stereocenters. The van der Waals surface area contributed by atoms with E-state index >= 15 is 0 Å². The molecule has 0 spiro atoms. The van der Waals surface area contributed by atoms with Crippen molar-refractivity contribution in [1.29, 1.82) is 0 Å². The number of rotatable bonds is 3. The summed E-state index contributed by atoms with van der Waals surface area (Å²) >= 11 is 0. The molecule has 3 aliphatic heterocycles. The summed E-state index contributed by atoms with van der Waals surface area (Å²) in [6, 6.07) is 3.69. The summed E-state index contributed by atoms with van der Waals surface area (Å²) in [5.74, 6) is 1.06. The average Bonchev–Trinajstić information content (AvgIpc) is 3.30. The van der Waals surface area contributed by atoms with E-state index in [1.165, 1.54) is 0 Å². The third-order valence-corrected chi connectivity index (χ3v) is 7.60. The number of piperidine rings is 2. The summed E-state index contributed by atoms with van der Waals surface area (Å²) in [7, 11) is 0. The molecule has 2 saturated heterocycles. The molecular formula is C23H33ClN4O3. The normalized spacial score (nSPS) is 26.1. The monoisotopic (exact) mass is 448 g/mol. The number of hydrogen-bond acceptors (Lipinski definition) is 4. The molecule has 4 heterocycles. The molecule has 3 fully saturated rings. The lowest BCUT2D eigenvalue weighted by Gasteiger charge is -2.37. The number of amides is 2. The Bertz CT molecular complexity index is 887. The van der Waals surface area contributed by atoms with Gasteiger partial charge in [-0.1, -0.05) is 12.8 Å². The summed E-state index contributed by atoms with van der Waals surface area (Å²) in [5.41, 5.74) is 1.14. The minimum atomic E-state index is -0.273. The van der Waals surface area contributed by atoms with Gasteiger partial charge in [-0.2, -0.15) is 0 Å². The second kappa shape index (κ2) is 9.33. The van der Waals surface area contributed by atoms with Crippen LogP contribution in [0, 0.1) is 11.8 Å². The second-order valence-corrected chi connectivity index (χ2v) is 9.60. The van der Waals surface area contributed by atoms with E-state index in [0.29, 0.717) is 37.4 Å². The molecule has 1 aromatic heterocycles. The van der Waals surface area contributed by atoms with Gasteiger partial charge in [-0.3, -0.25) is 14.4 Å². The molecule has 8 heteroatoms. The number of likely N-dealkylation sites (tertiary alicyclic amines) is 1. The van der Waals surface area contributed by atoms with Gasteiger partial charge < -0.3 is 20.1 Å². The first kappa shape index (κ1) is 22.3. The zero-order valence-corrected chi connectivity index (χ0v) is 18.8. The number of carbonyl (C=O) groups is 2. The molecule has 7 nitrogen and oxygen atoms in total. The van der Waals surface area contributed by atoms with Gasteiger partial charge in [-0.05, 0) is 56.7 Å². The van der Waals surface area contributed by atoms with E-state index in [9.17, 15) is 14.4 Å². The minimum absolute atomic E-state index is 0. The first-order valence-corrected chi connectivity index (χ1v) is 11.6. The summed E-state index contributed by atoms with van der Waals surface area (Å²) < 4.78 is 1.83. The molecule has 2 N–H and O–H groups in total. The first-order valence-electron chi connectivity index (χ1n) is 11.6. The van der Waals surface area contributed by atoms with Crippen LogP contribution in [0.25, 0.3) is 0 Å². The number of carbonyl (C=O) groups excluding carboxylic acids is 2. The molecule has 31 heavy (non-hydrogen) atoms. The molecule has 5 rings (SSSR count). The Morgan fingerprint density at radius 3 is 2.52 bits per heavy atom. The molecule has 2 bridgehead atoms. The predicted molar refractivity (Wildman–Crippen MR) is 121 cm³/mol. The molecule has 1 aliphatic carbocycles. The standard InChI is InChI=1S/C23H32N4O3.ClH/c28-21(25-18-7-9-26(10-8-18)22(29)16-3-1-2-4-16)19-5-6-20-17-11-15(12-24-13-17)14-27(20)23(19)30;/h5-6,15-18,24H,1-4,7-14H2,(H,25,28);1H/t15-,17+;/m0./s1. The molecule has 1 aromatic rings. The van der Waals surface area contributed by atoms with Gasteiger partial charge in [0.1, 0.15) is 5.56 Å². The van der Waals surface area contributed by atoms with E-state index < -0.39 is 0 Å². The lowest BCUT2D eigenvalue weighted by Crippen LogP contribution is -2.49. The van der Waals surface area contributed by atoms with Gasteiger partial charge in [0.05, 0.1) is 0 Å². The number of halogens is 1. The Morgan fingerprint density at radius 2 is 1.77 bits per heavy atom. The van der Waals surface area contributed by atoms with Crippen LogP contribution >= 0.6 is 12.4 Å². The number of nitrogens with zero attached hydrogens (tertiary/aromatic N) is 2. The number of hydrogen-bond donors (Lipinski definition) is 2. The van der Waals surface area contributed by atoms with Gasteiger partial charge in [0.25, 0.3) is 11.5 Å². The van der Waals surface area contributed by atoms with Gasteiger partial charge in [-0.15, -0.1) is 12.4 Å². The van der Waals surface area contributed by atoms with Crippen LogP contribution in [0.4, 0.5) is 0 Å². The van der Waals surface area contributed by atoms with Gasteiger partial charge >= 0.3 is 0 Å². The highest BCUT2D eigenvalue weighted by Crippen LogP contribution is 2.32. The molecule has 4 aliphatic rings. The van der Waals surface area contributed by atoms with Crippen molar-refractivity contribution in [1.82, 2.24) is 20.1 Å². The van der Waals surface area contributed by atoms with Gasteiger partial charge in [0.15, 0.2) is 0 Å². The lowest BCUT2D eigenvalue weighted by atomic mass is 9.84. The minimum Gasteiger partial charge on any atom is -0.349 e. The fourth-order valence-electron chi connectivity index (χ4n) is 5.90. The Labute approximate surface area is 189 Å². The van der Waals surface area contributed by atoms with Gasteiger partial charge in [0, 0.05) is 49.8 Å². The molecule has 1 saturated carbocycles. The molecule has 2 amide bonds. The van der Waals surface area contributed by atoms with E-state index in [0.717, 1.165) is 63.7 Å². The van der Waals surface area contributed by atoms with Crippen LogP contribution in [0.15, 0.2) is 16.9 Å². The highest BCUT2D eigenvalue weighted by atomic mass is 35.5. The maximum Gasteiger partial charge on any atom is 0.263 e. The summed E-state index contributed by atoms with van der Waals surface area (Å²) in [5, 5.41) is 6.50. The summed E-state index contributed by atoms with van der Waals surface area (Å²) in [6.07, 6.45) is 7.01. The van der Waals surface area contributed by atoms with Crippen molar-refractivity contribution >= 4 is 24.2 Å². The van der Waals surface area contributed by atoms with Crippen LogP contribution in [0.5, 0.6) is 0 Å². The third-order valence-electron chi connectivity index (χ3n) is 7.60. The quantitative estimate of drug-likeness (QED) is 0.739. The molecule has 0 aromatic carbocycles. The lowest BCUT2D eigenvalue weighted by molar-refractivity contribution is -0.136. The largest absolute Gasteiger partial charge is 0.349 e. The van der Waals surface area contributed by atoms with Crippen molar-refractivity contribution in [3.63, 3.8) is 0 Å². The van der Waals surface area contributed by atoms with Crippen LogP contribution in [0.1, 0.15) is 66.9 Å². The van der Waals surface area contributed by atoms with Crippen molar-refractivity contribution in [2.75, 3.05) is 26.2 Å². The zero-order chi connectivity index (χ0) is 20.7. The van der Waals surface area contributed by atoms with Gasteiger partial charge in [-0.25, -0.2) is 0 Å². The SMILES string of the molecule is Cl.O=C(NC1CCN(C(=O)C2CCCC2)CC1)c1ccc2n(c1=O)C[C@@H]1CNC[C@H]2C1. The Hall–Kier alpha value is -1.86. The second-order valence-electron chi connectivity index (χ2n) is 9.60. The maximum atomic E-state index is 13.0. The zero-order valence-electron chi connectivity index (χ0n) is 18.0. The van der Waals surface area contributed by atoms with Crippen molar-refractivity contribution in [2.45, 2.75) is 63.5 Å². The Balaban J connectivity index is 0.00000231.